The van der Waals surface area contributed by atoms with Gasteiger partial charge in [0.1, 0.15) is 4.99 Å². The van der Waals surface area contributed by atoms with Crippen LogP contribution in [0.3, 0.4) is 0 Å². The lowest BCUT2D eigenvalue weighted by Gasteiger charge is -2.16. The lowest BCUT2D eigenvalue weighted by Crippen LogP contribution is -2.31. The Morgan fingerprint density at radius 3 is 2.62 bits per heavy atom. The van der Waals surface area contributed by atoms with Crippen molar-refractivity contribution < 1.29 is 8.42 Å². The summed E-state index contributed by atoms with van der Waals surface area (Å²) in [7, 11) is -3.52. The minimum absolute atomic E-state index is 0.177. The minimum Gasteiger partial charge on any atom is -0.389 e. The lowest BCUT2D eigenvalue weighted by molar-refractivity contribution is 0.449. The highest BCUT2D eigenvalue weighted by Crippen LogP contribution is 2.49. The van der Waals surface area contributed by atoms with E-state index in [4.69, 9.17) is 18.0 Å². The Bertz CT molecular complexity index is 650. The summed E-state index contributed by atoms with van der Waals surface area (Å²) in [6.45, 7) is 4.42. The van der Waals surface area contributed by atoms with E-state index in [1.54, 1.807) is 25.1 Å². The smallest absolute Gasteiger partial charge is 0.240 e. The Balaban J connectivity index is 2.19. The Labute approximate surface area is 132 Å². The highest BCUT2D eigenvalue weighted by atomic mass is 32.2. The standard InChI is InChI=1S/C15H22N2O2S2/c1-3-6-15(7-8-15)10-17-21(18,19)13-9-12(14(16)20)5-4-11(13)2/h4-5,9,17H,3,6-8,10H2,1-2H3,(H2,16,20). The van der Waals surface area contributed by atoms with Gasteiger partial charge in [-0.1, -0.05) is 37.7 Å². The number of nitrogens with one attached hydrogen (secondary N) is 1. The first-order valence-electron chi connectivity index (χ1n) is 7.20. The molecule has 4 nitrogen and oxygen atoms in total. The molecule has 116 valence electrons. The molecule has 1 aliphatic rings. The van der Waals surface area contributed by atoms with E-state index in [1.165, 1.54) is 0 Å². The van der Waals surface area contributed by atoms with Gasteiger partial charge < -0.3 is 5.73 Å². The predicted molar refractivity (Wildman–Crippen MR) is 88.8 cm³/mol. The van der Waals surface area contributed by atoms with Gasteiger partial charge in [0.2, 0.25) is 10.0 Å². The molecule has 0 aliphatic heterocycles. The van der Waals surface area contributed by atoms with Crippen LogP contribution in [-0.4, -0.2) is 20.0 Å². The maximum absolute atomic E-state index is 12.5. The number of thiocarbonyl (C=S) groups is 1. The molecule has 0 amide bonds. The van der Waals surface area contributed by atoms with E-state index in [-0.39, 0.29) is 15.3 Å². The maximum atomic E-state index is 12.5. The van der Waals surface area contributed by atoms with Crippen molar-refractivity contribution in [3.05, 3.63) is 29.3 Å². The van der Waals surface area contributed by atoms with Gasteiger partial charge in [-0.2, -0.15) is 0 Å². The number of nitrogens with two attached hydrogens (primary N) is 1. The maximum Gasteiger partial charge on any atom is 0.240 e. The fraction of sp³-hybridized carbons (Fsp3) is 0.533. The second-order valence-electron chi connectivity index (χ2n) is 5.92. The molecule has 0 unspecified atom stereocenters. The number of hydrogen-bond acceptors (Lipinski definition) is 3. The van der Waals surface area contributed by atoms with Crippen LogP contribution in [0.2, 0.25) is 0 Å². The van der Waals surface area contributed by atoms with E-state index in [0.29, 0.717) is 17.7 Å². The summed E-state index contributed by atoms with van der Waals surface area (Å²) in [6.07, 6.45) is 4.36. The van der Waals surface area contributed by atoms with Crippen LogP contribution in [0.1, 0.15) is 43.7 Å². The average molecular weight is 326 g/mol. The number of aryl methyl sites for hydroxylation is 1. The topological polar surface area (TPSA) is 72.2 Å². The molecule has 3 N–H and O–H groups in total. The van der Waals surface area contributed by atoms with Gasteiger partial charge in [0, 0.05) is 12.1 Å². The number of hydrogen-bond donors (Lipinski definition) is 2. The predicted octanol–water partition coefficient (Wildman–Crippen LogP) is 2.49. The lowest BCUT2D eigenvalue weighted by atomic mass is 10.0. The molecule has 1 aromatic rings. The first kappa shape index (κ1) is 16.4. The van der Waals surface area contributed by atoms with Crippen LogP contribution in [0.4, 0.5) is 0 Å². The van der Waals surface area contributed by atoms with Crippen LogP contribution in [0, 0.1) is 12.3 Å². The molecule has 1 aromatic carbocycles. The highest BCUT2D eigenvalue weighted by Gasteiger charge is 2.42. The molecule has 6 heteroatoms. The van der Waals surface area contributed by atoms with Gasteiger partial charge in [0.15, 0.2) is 0 Å². The minimum atomic E-state index is -3.52. The van der Waals surface area contributed by atoms with Crippen molar-refractivity contribution in [3.63, 3.8) is 0 Å². The zero-order valence-electron chi connectivity index (χ0n) is 12.5. The van der Waals surface area contributed by atoms with Gasteiger partial charge in [-0.15, -0.1) is 0 Å². The van der Waals surface area contributed by atoms with Crippen LogP contribution in [0.25, 0.3) is 0 Å². The molecule has 0 saturated heterocycles. The van der Waals surface area contributed by atoms with E-state index in [2.05, 4.69) is 11.6 Å². The largest absolute Gasteiger partial charge is 0.389 e. The second kappa shape index (κ2) is 6.02. The van der Waals surface area contributed by atoms with Crippen molar-refractivity contribution in [3.8, 4) is 0 Å². The molecular weight excluding hydrogens is 304 g/mol. The quantitative estimate of drug-likeness (QED) is 0.755. The zero-order valence-corrected chi connectivity index (χ0v) is 14.1. The van der Waals surface area contributed by atoms with Crippen LogP contribution in [-0.2, 0) is 10.0 Å². The normalized spacial score (nSPS) is 16.7. The van der Waals surface area contributed by atoms with Crippen LogP contribution in [0.15, 0.2) is 23.1 Å². The number of rotatable bonds is 7. The summed E-state index contributed by atoms with van der Waals surface area (Å²) < 4.78 is 27.8. The average Bonchev–Trinajstić information content (AvgIpc) is 3.17. The summed E-state index contributed by atoms with van der Waals surface area (Å²) in [5, 5.41) is 0. The molecule has 21 heavy (non-hydrogen) atoms. The fourth-order valence-electron chi connectivity index (χ4n) is 2.59. The third kappa shape index (κ3) is 3.81. The van der Waals surface area contributed by atoms with Gasteiger partial charge in [-0.25, -0.2) is 13.1 Å². The zero-order chi connectivity index (χ0) is 15.7. The van der Waals surface area contributed by atoms with Crippen LogP contribution < -0.4 is 10.5 Å². The van der Waals surface area contributed by atoms with Crippen molar-refractivity contribution in [1.29, 1.82) is 0 Å². The van der Waals surface area contributed by atoms with Gasteiger partial charge in [0.05, 0.1) is 4.90 Å². The Morgan fingerprint density at radius 2 is 2.10 bits per heavy atom. The number of benzene rings is 1. The Hall–Kier alpha value is -0.980. The van der Waals surface area contributed by atoms with Gasteiger partial charge in [-0.3, -0.25) is 0 Å². The molecule has 0 aromatic heterocycles. The van der Waals surface area contributed by atoms with Crippen molar-refractivity contribution in [2.75, 3.05) is 6.54 Å². The monoisotopic (exact) mass is 326 g/mol. The van der Waals surface area contributed by atoms with Crippen molar-refractivity contribution in [1.82, 2.24) is 4.72 Å². The third-order valence-electron chi connectivity index (χ3n) is 4.14. The second-order valence-corrected chi connectivity index (χ2v) is 8.09. The van der Waals surface area contributed by atoms with E-state index < -0.39 is 10.0 Å². The van der Waals surface area contributed by atoms with Crippen molar-refractivity contribution in [2.24, 2.45) is 11.1 Å². The molecule has 0 bridgehead atoms. The first-order valence-corrected chi connectivity index (χ1v) is 9.09. The van der Waals surface area contributed by atoms with E-state index in [0.717, 1.165) is 25.7 Å². The van der Waals surface area contributed by atoms with Gasteiger partial charge in [-0.05, 0) is 43.2 Å². The summed E-state index contributed by atoms with van der Waals surface area (Å²) >= 11 is 4.92. The summed E-state index contributed by atoms with van der Waals surface area (Å²) in [5.74, 6) is 0. The van der Waals surface area contributed by atoms with E-state index in [1.807, 2.05) is 0 Å². The van der Waals surface area contributed by atoms with Gasteiger partial charge >= 0.3 is 0 Å². The number of sulfonamides is 1. The van der Waals surface area contributed by atoms with Crippen molar-refractivity contribution >= 4 is 27.2 Å². The van der Waals surface area contributed by atoms with E-state index in [9.17, 15) is 8.42 Å². The van der Waals surface area contributed by atoms with Crippen LogP contribution in [0.5, 0.6) is 0 Å². The summed E-state index contributed by atoms with van der Waals surface area (Å²) in [6, 6.07) is 5.04. The third-order valence-corrected chi connectivity index (χ3v) is 5.92. The molecule has 0 radical (unpaired) electrons. The fourth-order valence-corrected chi connectivity index (χ4v) is 4.14. The molecular formula is C15H22N2O2S2. The highest BCUT2D eigenvalue weighted by molar-refractivity contribution is 7.89. The van der Waals surface area contributed by atoms with Gasteiger partial charge in [0.25, 0.3) is 0 Å². The molecule has 1 aliphatic carbocycles. The summed E-state index contributed by atoms with van der Waals surface area (Å²) in [5.41, 5.74) is 7.03. The SMILES string of the molecule is CCCC1(CNS(=O)(=O)c2cc(C(N)=S)ccc2C)CC1. The van der Waals surface area contributed by atoms with E-state index >= 15 is 0 Å². The van der Waals surface area contributed by atoms with Crippen LogP contribution >= 0.6 is 12.2 Å². The summed E-state index contributed by atoms with van der Waals surface area (Å²) in [4.78, 5) is 0.469. The Kier molecular flexibility index (Phi) is 4.70. The molecule has 1 saturated carbocycles. The Morgan fingerprint density at radius 1 is 1.43 bits per heavy atom. The molecule has 0 atom stereocenters. The molecule has 0 heterocycles. The van der Waals surface area contributed by atoms with Crippen molar-refractivity contribution in [2.45, 2.75) is 44.4 Å². The molecule has 0 spiro atoms. The molecule has 2 rings (SSSR count). The molecule has 1 fully saturated rings. The first-order chi connectivity index (χ1) is 9.80.